The summed E-state index contributed by atoms with van der Waals surface area (Å²) in [6.45, 7) is 6.52. The van der Waals surface area contributed by atoms with Gasteiger partial charge < -0.3 is 35.9 Å². The Balaban J connectivity index is 1.35. The van der Waals surface area contributed by atoms with Gasteiger partial charge >= 0.3 is 0 Å². The van der Waals surface area contributed by atoms with E-state index in [4.69, 9.17) is 25.6 Å². The van der Waals surface area contributed by atoms with Gasteiger partial charge in [-0.3, -0.25) is 0 Å². The highest BCUT2D eigenvalue weighted by atomic mass is 32.1. The van der Waals surface area contributed by atoms with Crippen LogP contribution in [0.15, 0.2) is 4.52 Å². The van der Waals surface area contributed by atoms with Gasteiger partial charge in [-0.15, -0.1) is 11.3 Å². The Hall–Kier alpha value is -3.53. The van der Waals surface area contributed by atoms with Crippen molar-refractivity contribution in [1.82, 2.24) is 20.0 Å². The number of fused-ring (bicyclic) bond motifs is 4. The number of nitrogens with two attached hydrogens (primary N) is 1. The van der Waals surface area contributed by atoms with E-state index in [1.165, 1.54) is 11.1 Å². The normalized spacial score (nSPS) is 27.1. The molecule has 4 aliphatic rings. The molecule has 0 saturated carbocycles. The number of thiophene rings is 1. The third-order valence-electron chi connectivity index (χ3n) is 11.0. The zero-order valence-electron chi connectivity index (χ0n) is 27.2. The van der Waals surface area contributed by atoms with Gasteiger partial charge in [-0.2, -0.15) is 5.26 Å². The molecule has 2 aliphatic heterocycles. The molecule has 46 heavy (non-hydrogen) atoms. The van der Waals surface area contributed by atoms with Crippen molar-refractivity contribution in [2.75, 3.05) is 42.6 Å². The number of likely N-dealkylation sites (tertiary alicyclic amines) is 1. The summed E-state index contributed by atoms with van der Waals surface area (Å²) in [6, 6.07) is 2.87. The Labute approximate surface area is 274 Å². The number of hydrogen-bond donors (Lipinski definition) is 4. The summed E-state index contributed by atoms with van der Waals surface area (Å²) in [6.07, 6.45) is 11.2. The standard InChI is InChI=1S/C34H45N9O2S/c1-20(24-9-6-15-42(24)3)38-30-23(19-36)32(43-16-7-11-33(2,44)14-17-43)40-31(39-30)27-21-8-4-12-34(28(21)45-41-27)13-5-10-25-26(34)22(18-35)29(37)46-25/h19-20,24,36,44H,4-17,37H2,1-3H3,(H,38,39,40). The van der Waals surface area contributed by atoms with E-state index in [9.17, 15) is 10.4 Å². The Kier molecular flexibility index (Phi) is 8.06. The second-order valence-corrected chi connectivity index (χ2v) is 15.3. The lowest BCUT2D eigenvalue weighted by molar-refractivity contribution is 0.0481. The van der Waals surface area contributed by atoms with Crippen LogP contribution in [0.4, 0.5) is 16.6 Å². The van der Waals surface area contributed by atoms with Crippen LogP contribution in [-0.2, 0) is 18.3 Å². The minimum atomic E-state index is -0.732. The maximum absolute atomic E-state index is 10.9. The van der Waals surface area contributed by atoms with Crippen LogP contribution in [0.5, 0.6) is 0 Å². The molecule has 12 heteroatoms. The molecule has 0 bridgehead atoms. The number of anilines is 3. The third-order valence-corrected chi connectivity index (χ3v) is 12.1. The molecule has 11 nitrogen and oxygen atoms in total. The molecule has 3 aromatic heterocycles. The zero-order valence-corrected chi connectivity index (χ0v) is 28.0. The first-order valence-electron chi connectivity index (χ1n) is 16.8. The van der Waals surface area contributed by atoms with E-state index in [1.807, 2.05) is 6.92 Å². The fraction of sp³-hybridized carbons (Fsp3) is 0.618. The SMILES string of the molecule is CC(Nc1nc(-c2noc3c2CCCC32CCCc3sc(N)c(C#N)c32)nc(N2CCCC(C)(O)CC2)c1C=N)C1CCCN1C. The zero-order chi connectivity index (χ0) is 32.2. The van der Waals surface area contributed by atoms with Gasteiger partial charge in [0.2, 0.25) is 0 Å². The van der Waals surface area contributed by atoms with Crippen molar-refractivity contribution in [2.45, 2.75) is 108 Å². The number of likely N-dealkylation sites (N-methyl/N-ethyl adjacent to an activating group) is 1. The van der Waals surface area contributed by atoms with Crippen molar-refractivity contribution in [1.29, 1.82) is 10.7 Å². The summed E-state index contributed by atoms with van der Waals surface area (Å²) in [5.74, 6) is 2.62. The smallest absolute Gasteiger partial charge is 0.186 e. The van der Waals surface area contributed by atoms with Crippen LogP contribution in [-0.4, -0.2) is 75.7 Å². The minimum Gasteiger partial charge on any atom is -0.390 e. The van der Waals surface area contributed by atoms with E-state index >= 15 is 0 Å². The van der Waals surface area contributed by atoms with Crippen molar-refractivity contribution in [3.63, 3.8) is 0 Å². The van der Waals surface area contributed by atoms with Gasteiger partial charge in [-0.1, -0.05) is 5.16 Å². The van der Waals surface area contributed by atoms with E-state index in [2.05, 4.69) is 40.3 Å². The topological polar surface area (TPSA) is 164 Å². The minimum absolute atomic E-state index is 0.107. The number of nitrogens with zero attached hydrogens (tertiary/aromatic N) is 6. The molecule has 2 saturated heterocycles. The number of nitriles is 1. The molecular formula is C34H45N9O2S. The molecular weight excluding hydrogens is 599 g/mol. The summed E-state index contributed by atoms with van der Waals surface area (Å²) in [5.41, 5.74) is 9.14. The van der Waals surface area contributed by atoms with Crippen LogP contribution in [0.1, 0.15) is 105 Å². The summed E-state index contributed by atoms with van der Waals surface area (Å²) in [4.78, 5) is 16.0. The number of nitrogen functional groups attached to an aromatic ring is 1. The number of nitrogens with one attached hydrogen (secondary N) is 2. The number of aliphatic hydroxyl groups is 1. The Morgan fingerprint density at radius 2 is 1.96 bits per heavy atom. The quantitative estimate of drug-likeness (QED) is 0.261. The van der Waals surface area contributed by atoms with E-state index in [-0.39, 0.29) is 6.04 Å². The maximum Gasteiger partial charge on any atom is 0.186 e. The van der Waals surface area contributed by atoms with Gasteiger partial charge in [0.15, 0.2) is 17.3 Å². The van der Waals surface area contributed by atoms with Gasteiger partial charge in [0, 0.05) is 41.8 Å². The van der Waals surface area contributed by atoms with Crippen molar-refractivity contribution >= 4 is 34.2 Å². The summed E-state index contributed by atoms with van der Waals surface area (Å²) in [7, 11) is 2.17. The van der Waals surface area contributed by atoms with E-state index in [1.54, 1.807) is 11.3 Å². The monoisotopic (exact) mass is 643 g/mol. The van der Waals surface area contributed by atoms with E-state index in [0.29, 0.717) is 58.3 Å². The van der Waals surface area contributed by atoms with Gasteiger partial charge in [-0.05, 0) is 104 Å². The second-order valence-electron chi connectivity index (χ2n) is 14.1. The molecule has 0 aromatic carbocycles. The van der Waals surface area contributed by atoms with E-state index < -0.39 is 11.0 Å². The lowest BCUT2D eigenvalue weighted by atomic mass is 9.63. The average molecular weight is 644 g/mol. The van der Waals surface area contributed by atoms with Gasteiger partial charge in [0.05, 0.1) is 22.1 Å². The van der Waals surface area contributed by atoms with Crippen LogP contribution < -0.4 is 16.0 Å². The highest BCUT2D eigenvalue weighted by Crippen LogP contribution is 2.55. The number of hydrogen-bond acceptors (Lipinski definition) is 12. The fourth-order valence-corrected chi connectivity index (χ4v) is 9.78. The highest BCUT2D eigenvalue weighted by molar-refractivity contribution is 7.16. The molecule has 5 N–H and O–H groups in total. The summed E-state index contributed by atoms with van der Waals surface area (Å²) >= 11 is 1.54. The van der Waals surface area contributed by atoms with Crippen LogP contribution in [0.2, 0.25) is 0 Å². The van der Waals surface area contributed by atoms with Crippen molar-refractivity contribution in [3.8, 4) is 17.6 Å². The average Bonchev–Trinajstić information content (AvgIpc) is 3.72. The summed E-state index contributed by atoms with van der Waals surface area (Å²) in [5, 5.41) is 38.4. The molecule has 4 unspecified atom stereocenters. The summed E-state index contributed by atoms with van der Waals surface area (Å²) < 4.78 is 6.31. The first kappa shape index (κ1) is 31.1. The second kappa shape index (κ2) is 11.9. The van der Waals surface area contributed by atoms with Crippen LogP contribution in [0.3, 0.4) is 0 Å². The highest BCUT2D eigenvalue weighted by Gasteiger charge is 2.49. The molecule has 2 aliphatic carbocycles. The molecule has 4 atom stereocenters. The molecule has 0 radical (unpaired) electrons. The Morgan fingerprint density at radius 3 is 2.70 bits per heavy atom. The van der Waals surface area contributed by atoms with Crippen molar-refractivity contribution < 1.29 is 9.63 Å². The maximum atomic E-state index is 10.9. The predicted octanol–water partition coefficient (Wildman–Crippen LogP) is 5.24. The number of aromatic nitrogens is 3. The van der Waals surface area contributed by atoms with Crippen LogP contribution >= 0.6 is 11.3 Å². The first-order chi connectivity index (χ1) is 22.2. The third kappa shape index (κ3) is 5.17. The van der Waals surface area contributed by atoms with Crippen molar-refractivity contribution in [3.05, 3.63) is 32.9 Å². The molecule has 3 aromatic rings. The van der Waals surface area contributed by atoms with Crippen LogP contribution in [0.25, 0.3) is 11.5 Å². The molecule has 2 fully saturated rings. The fourth-order valence-electron chi connectivity index (χ4n) is 8.62. The Bertz CT molecular complexity index is 1690. The lowest BCUT2D eigenvalue weighted by Gasteiger charge is -2.39. The number of aryl methyl sites for hydroxylation is 1. The Morgan fingerprint density at radius 1 is 1.15 bits per heavy atom. The van der Waals surface area contributed by atoms with E-state index in [0.717, 1.165) is 94.2 Å². The molecule has 1 spiro atoms. The lowest BCUT2D eigenvalue weighted by Crippen LogP contribution is -2.40. The van der Waals surface area contributed by atoms with Gasteiger partial charge in [0.25, 0.3) is 0 Å². The molecule has 7 rings (SSSR count). The largest absolute Gasteiger partial charge is 0.390 e. The van der Waals surface area contributed by atoms with Crippen molar-refractivity contribution in [2.24, 2.45) is 0 Å². The van der Waals surface area contributed by atoms with Gasteiger partial charge in [0.1, 0.15) is 22.7 Å². The first-order valence-corrected chi connectivity index (χ1v) is 17.6. The predicted molar refractivity (Wildman–Crippen MR) is 181 cm³/mol. The molecule has 5 heterocycles. The molecule has 244 valence electrons. The van der Waals surface area contributed by atoms with Crippen LogP contribution in [0, 0.1) is 16.7 Å². The number of rotatable bonds is 6. The van der Waals surface area contributed by atoms with Gasteiger partial charge in [-0.25, -0.2) is 9.97 Å². The molecule has 0 amide bonds.